The molecular formula is C13H14ClNO4S. The monoisotopic (exact) mass is 315 g/mol. The number of methoxy groups -OCH3 is 1. The maximum atomic E-state index is 12.1. The van der Waals surface area contributed by atoms with E-state index in [9.17, 15) is 13.2 Å². The van der Waals surface area contributed by atoms with E-state index < -0.39 is 15.9 Å². The van der Waals surface area contributed by atoms with Crippen LogP contribution in [0, 0.1) is 0 Å². The maximum absolute atomic E-state index is 12.1. The topological polar surface area (TPSA) is 63.7 Å². The van der Waals surface area contributed by atoms with Gasteiger partial charge in [0.05, 0.1) is 24.6 Å². The molecule has 2 rings (SSSR count). The smallest absolute Gasteiger partial charge is 0.242 e. The molecule has 0 radical (unpaired) electrons. The highest BCUT2D eigenvalue weighted by Crippen LogP contribution is 2.31. The third-order valence-corrected chi connectivity index (χ3v) is 4.58. The Morgan fingerprint density at radius 1 is 1.45 bits per heavy atom. The van der Waals surface area contributed by atoms with E-state index >= 15 is 0 Å². The molecule has 1 aromatic carbocycles. The first-order valence-electron chi connectivity index (χ1n) is 5.90. The van der Waals surface area contributed by atoms with E-state index in [1.54, 1.807) is 24.3 Å². The van der Waals surface area contributed by atoms with Gasteiger partial charge in [0.2, 0.25) is 5.91 Å². The van der Waals surface area contributed by atoms with E-state index in [2.05, 4.69) is 0 Å². The number of alkyl halides is 1. The van der Waals surface area contributed by atoms with Crippen molar-refractivity contribution in [1.82, 2.24) is 0 Å². The molecule has 1 atom stereocenters. The lowest BCUT2D eigenvalue weighted by Crippen LogP contribution is -2.42. The first kappa shape index (κ1) is 14.9. The van der Waals surface area contributed by atoms with Gasteiger partial charge in [0.25, 0.3) is 0 Å². The van der Waals surface area contributed by atoms with Crippen molar-refractivity contribution in [1.29, 1.82) is 0 Å². The highest BCUT2D eigenvalue weighted by molar-refractivity contribution is 7.94. The zero-order valence-corrected chi connectivity index (χ0v) is 12.4. The number of rotatable bonds is 4. The Morgan fingerprint density at radius 2 is 2.15 bits per heavy atom. The van der Waals surface area contributed by atoms with Crippen LogP contribution in [0.2, 0.25) is 0 Å². The largest absolute Gasteiger partial charge is 0.495 e. The predicted molar refractivity (Wildman–Crippen MR) is 77.9 cm³/mol. The lowest BCUT2D eigenvalue weighted by atomic mass is 10.2. The van der Waals surface area contributed by atoms with E-state index in [4.69, 9.17) is 16.3 Å². The van der Waals surface area contributed by atoms with Crippen LogP contribution in [-0.4, -0.2) is 39.1 Å². The summed E-state index contributed by atoms with van der Waals surface area (Å²) in [6.07, 6.45) is 1.49. The van der Waals surface area contributed by atoms with E-state index in [-0.39, 0.29) is 17.5 Å². The van der Waals surface area contributed by atoms with Gasteiger partial charge in [-0.3, -0.25) is 9.69 Å². The number of sulfone groups is 1. The number of anilines is 1. The molecule has 0 aliphatic carbocycles. The molecule has 1 heterocycles. The number of carbonyl (C=O) groups excluding carboxylic acids is 1. The molecule has 0 saturated carbocycles. The highest BCUT2D eigenvalue weighted by Gasteiger charge is 2.32. The van der Waals surface area contributed by atoms with Crippen LogP contribution in [0.15, 0.2) is 35.7 Å². The number of carbonyl (C=O) groups is 1. The van der Waals surface area contributed by atoms with Gasteiger partial charge in [-0.2, -0.15) is 0 Å². The molecule has 0 unspecified atom stereocenters. The van der Waals surface area contributed by atoms with Gasteiger partial charge < -0.3 is 4.74 Å². The van der Waals surface area contributed by atoms with Crippen molar-refractivity contribution in [3.63, 3.8) is 0 Å². The summed E-state index contributed by atoms with van der Waals surface area (Å²) < 4.78 is 28.3. The van der Waals surface area contributed by atoms with Crippen LogP contribution in [0.25, 0.3) is 0 Å². The number of para-hydroxylation sites is 2. The predicted octanol–water partition coefficient (Wildman–Crippen LogP) is 1.58. The van der Waals surface area contributed by atoms with Crippen molar-refractivity contribution in [2.45, 2.75) is 6.04 Å². The number of hydrogen-bond acceptors (Lipinski definition) is 4. The van der Waals surface area contributed by atoms with Crippen molar-refractivity contribution in [3.8, 4) is 5.75 Å². The van der Waals surface area contributed by atoms with Crippen LogP contribution in [0.4, 0.5) is 5.69 Å². The minimum Gasteiger partial charge on any atom is -0.495 e. The van der Waals surface area contributed by atoms with Gasteiger partial charge in [-0.05, 0) is 18.2 Å². The highest BCUT2D eigenvalue weighted by atomic mass is 35.5. The van der Waals surface area contributed by atoms with Crippen molar-refractivity contribution in [3.05, 3.63) is 35.7 Å². The summed E-state index contributed by atoms with van der Waals surface area (Å²) in [6.45, 7) is 0. The van der Waals surface area contributed by atoms with Gasteiger partial charge in [0.15, 0.2) is 9.84 Å². The summed E-state index contributed by atoms with van der Waals surface area (Å²) in [7, 11) is -1.78. The number of nitrogens with zero attached hydrogens (tertiary/aromatic N) is 1. The number of amides is 1. The second kappa shape index (κ2) is 5.85. The summed E-state index contributed by atoms with van der Waals surface area (Å²) in [5.74, 6) is -0.262. The molecule has 0 N–H and O–H groups in total. The second-order valence-corrected chi connectivity index (χ2v) is 6.49. The number of ether oxygens (including phenoxy) is 1. The quantitative estimate of drug-likeness (QED) is 0.791. The molecule has 0 spiro atoms. The van der Waals surface area contributed by atoms with Crippen LogP contribution >= 0.6 is 11.6 Å². The molecule has 0 saturated heterocycles. The van der Waals surface area contributed by atoms with Gasteiger partial charge in [-0.1, -0.05) is 12.1 Å². The van der Waals surface area contributed by atoms with Crippen molar-refractivity contribution < 1.29 is 17.9 Å². The molecule has 0 bridgehead atoms. The number of hydrogen-bond donors (Lipinski definition) is 0. The van der Waals surface area contributed by atoms with Gasteiger partial charge in [-0.15, -0.1) is 11.6 Å². The fourth-order valence-electron chi connectivity index (χ4n) is 2.11. The average Bonchev–Trinajstić information content (AvgIpc) is 2.79. The molecule has 20 heavy (non-hydrogen) atoms. The van der Waals surface area contributed by atoms with E-state index in [0.29, 0.717) is 11.4 Å². The van der Waals surface area contributed by atoms with Crippen LogP contribution in [0.1, 0.15) is 0 Å². The van der Waals surface area contributed by atoms with Crippen molar-refractivity contribution in [2.24, 2.45) is 0 Å². The molecule has 1 amide bonds. The zero-order valence-electron chi connectivity index (χ0n) is 10.8. The standard InChI is InChI=1S/C13H14ClNO4S/c1-19-12-5-3-2-4-11(12)15(13(16)8-14)10-6-7-20(17,18)9-10/h2-7,10H,8-9H2,1H3/t10-/m0/s1. The maximum Gasteiger partial charge on any atom is 0.242 e. The third-order valence-electron chi connectivity index (χ3n) is 2.97. The minimum atomic E-state index is -3.27. The fraction of sp³-hybridized carbons (Fsp3) is 0.308. The third kappa shape index (κ3) is 2.96. The van der Waals surface area contributed by atoms with Crippen LogP contribution in [0.3, 0.4) is 0 Å². The van der Waals surface area contributed by atoms with Crippen LogP contribution in [-0.2, 0) is 14.6 Å². The Balaban J connectivity index is 2.44. The lowest BCUT2D eigenvalue weighted by molar-refractivity contribution is -0.116. The van der Waals surface area contributed by atoms with E-state index in [1.165, 1.54) is 18.1 Å². The molecule has 0 aromatic heterocycles. The van der Waals surface area contributed by atoms with E-state index in [1.807, 2.05) is 0 Å². The Kier molecular flexibility index (Phi) is 4.35. The fourth-order valence-corrected chi connectivity index (χ4v) is 3.51. The molecule has 7 heteroatoms. The van der Waals surface area contributed by atoms with Gasteiger partial charge in [-0.25, -0.2) is 8.42 Å². The van der Waals surface area contributed by atoms with E-state index in [0.717, 1.165) is 5.41 Å². The van der Waals surface area contributed by atoms with Crippen molar-refractivity contribution >= 4 is 33.0 Å². The molecule has 1 aliphatic rings. The Morgan fingerprint density at radius 3 is 2.70 bits per heavy atom. The van der Waals surface area contributed by atoms with Crippen LogP contribution in [0.5, 0.6) is 5.75 Å². The summed E-state index contributed by atoms with van der Waals surface area (Å²) in [4.78, 5) is 13.5. The lowest BCUT2D eigenvalue weighted by Gasteiger charge is -2.28. The molecule has 108 valence electrons. The molecule has 1 aliphatic heterocycles. The Hall–Kier alpha value is -1.53. The summed E-state index contributed by atoms with van der Waals surface area (Å²) >= 11 is 5.64. The van der Waals surface area contributed by atoms with Gasteiger partial charge in [0.1, 0.15) is 11.6 Å². The molecule has 1 aromatic rings. The molecule has 5 nitrogen and oxygen atoms in total. The summed E-state index contributed by atoms with van der Waals surface area (Å²) in [5, 5.41) is 1.13. The number of benzene rings is 1. The van der Waals surface area contributed by atoms with Crippen LogP contribution < -0.4 is 9.64 Å². The van der Waals surface area contributed by atoms with Gasteiger partial charge >= 0.3 is 0 Å². The average molecular weight is 316 g/mol. The molecule has 0 fully saturated rings. The normalized spacial score (nSPS) is 19.8. The second-order valence-electron chi connectivity index (χ2n) is 4.29. The zero-order chi connectivity index (χ0) is 14.8. The SMILES string of the molecule is COc1ccccc1N(C(=O)CCl)[C@H]1C=CS(=O)(=O)C1. The summed E-state index contributed by atoms with van der Waals surface area (Å²) in [5.41, 5.74) is 0.507. The first-order valence-corrected chi connectivity index (χ1v) is 8.15. The van der Waals surface area contributed by atoms with Crippen molar-refractivity contribution in [2.75, 3.05) is 23.6 Å². The Labute approximate surface area is 122 Å². The minimum absolute atomic E-state index is 0.145. The Bertz CT molecular complexity index is 642. The number of halogens is 1. The first-order chi connectivity index (χ1) is 9.48. The molecular weight excluding hydrogens is 302 g/mol. The van der Waals surface area contributed by atoms with Gasteiger partial charge in [0, 0.05) is 5.41 Å². The summed E-state index contributed by atoms with van der Waals surface area (Å²) in [6, 6.07) is 6.36.